The average molecular weight is 271 g/mol. The van der Waals surface area contributed by atoms with E-state index in [0.717, 1.165) is 11.3 Å². The van der Waals surface area contributed by atoms with Crippen molar-refractivity contribution in [1.82, 2.24) is 15.3 Å². The van der Waals surface area contributed by atoms with Crippen molar-refractivity contribution in [2.75, 3.05) is 0 Å². The lowest BCUT2D eigenvalue weighted by atomic mass is 10.1. The van der Waals surface area contributed by atoms with Crippen LogP contribution < -0.4 is 5.32 Å². The molecule has 5 nitrogen and oxygen atoms in total. The number of carbonyl (C=O) groups excluding carboxylic acids is 1. The van der Waals surface area contributed by atoms with Crippen LogP contribution in [-0.4, -0.2) is 21.0 Å². The maximum absolute atomic E-state index is 12.1. The van der Waals surface area contributed by atoms with Crippen LogP contribution in [0, 0.1) is 13.8 Å². The van der Waals surface area contributed by atoms with E-state index in [2.05, 4.69) is 15.3 Å². The molecular weight excluding hydrogens is 254 g/mol. The molecule has 2 rings (SSSR count). The van der Waals surface area contributed by atoms with Gasteiger partial charge in [0.05, 0.1) is 6.04 Å². The van der Waals surface area contributed by atoms with Gasteiger partial charge in [-0.05, 0) is 44.5 Å². The van der Waals surface area contributed by atoms with E-state index < -0.39 is 0 Å². The molecule has 0 aliphatic carbocycles. The van der Waals surface area contributed by atoms with Crippen molar-refractivity contribution < 1.29 is 9.90 Å². The Bertz CT molecular complexity index is 603. The summed E-state index contributed by atoms with van der Waals surface area (Å²) in [5.41, 5.74) is 2.04. The fourth-order valence-electron chi connectivity index (χ4n) is 1.95. The number of aromatic nitrogens is 2. The molecule has 0 saturated heterocycles. The summed E-state index contributed by atoms with van der Waals surface area (Å²) in [7, 11) is 0. The quantitative estimate of drug-likeness (QED) is 0.898. The molecule has 0 bridgehead atoms. The molecule has 1 heterocycles. The highest BCUT2D eigenvalue weighted by Crippen LogP contribution is 2.16. The van der Waals surface area contributed by atoms with Crippen molar-refractivity contribution in [3.05, 3.63) is 53.1 Å². The first-order chi connectivity index (χ1) is 9.45. The van der Waals surface area contributed by atoms with Gasteiger partial charge in [-0.15, -0.1) is 0 Å². The number of amides is 1. The standard InChI is InChI=1S/C15H17N3O2/c1-9-8-14(18-11(3)16-9)15(20)17-10(2)12-4-6-13(19)7-5-12/h4-8,10,19H,1-3H3,(H,17,20). The third-order valence-electron chi connectivity index (χ3n) is 2.94. The van der Waals surface area contributed by atoms with Crippen LogP contribution in [0.1, 0.15) is 40.5 Å². The van der Waals surface area contributed by atoms with Gasteiger partial charge in [0.25, 0.3) is 5.91 Å². The Hall–Kier alpha value is -2.43. The Kier molecular flexibility index (Phi) is 3.98. The predicted octanol–water partition coefficient (Wildman–Crippen LogP) is 2.29. The van der Waals surface area contributed by atoms with Crippen LogP contribution in [0.4, 0.5) is 0 Å². The number of phenols is 1. The number of hydrogen-bond acceptors (Lipinski definition) is 4. The van der Waals surface area contributed by atoms with E-state index >= 15 is 0 Å². The zero-order valence-corrected chi connectivity index (χ0v) is 11.7. The summed E-state index contributed by atoms with van der Waals surface area (Å²) in [6, 6.07) is 8.23. The molecule has 2 aromatic rings. The van der Waals surface area contributed by atoms with E-state index in [9.17, 15) is 9.90 Å². The zero-order valence-electron chi connectivity index (χ0n) is 11.7. The van der Waals surface area contributed by atoms with Gasteiger partial charge in [-0.3, -0.25) is 4.79 Å². The lowest BCUT2D eigenvalue weighted by Gasteiger charge is -2.14. The largest absolute Gasteiger partial charge is 0.508 e. The van der Waals surface area contributed by atoms with Crippen LogP contribution in [0.5, 0.6) is 5.75 Å². The highest BCUT2D eigenvalue weighted by molar-refractivity contribution is 5.92. The van der Waals surface area contributed by atoms with Crippen molar-refractivity contribution in [3.8, 4) is 5.75 Å². The molecule has 0 saturated carbocycles. The van der Waals surface area contributed by atoms with E-state index in [1.807, 2.05) is 13.8 Å². The molecule has 0 aliphatic rings. The molecule has 20 heavy (non-hydrogen) atoms. The predicted molar refractivity (Wildman–Crippen MR) is 75.5 cm³/mol. The number of phenolic OH excluding ortho intramolecular Hbond substituents is 1. The number of aromatic hydroxyl groups is 1. The van der Waals surface area contributed by atoms with Gasteiger partial charge < -0.3 is 10.4 Å². The SMILES string of the molecule is Cc1cc(C(=O)NC(C)c2ccc(O)cc2)nc(C)n1. The Balaban J connectivity index is 2.12. The summed E-state index contributed by atoms with van der Waals surface area (Å²) < 4.78 is 0. The third-order valence-corrected chi connectivity index (χ3v) is 2.94. The van der Waals surface area contributed by atoms with E-state index in [0.29, 0.717) is 11.5 Å². The third kappa shape index (κ3) is 3.32. The highest BCUT2D eigenvalue weighted by atomic mass is 16.3. The summed E-state index contributed by atoms with van der Waals surface area (Å²) in [5.74, 6) is 0.543. The first kappa shape index (κ1) is 14.0. The number of rotatable bonds is 3. The van der Waals surface area contributed by atoms with Crippen LogP contribution >= 0.6 is 0 Å². The molecule has 1 aromatic carbocycles. The lowest BCUT2D eigenvalue weighted by molar-refractivity contribution is 0.0934. The van der Waals surface area contributed by atoms with Gasteiger partial charge in [0, 0.05) is 5.69 Å². The Morgan fingerprint density at radius 1 is 1.20 bits per heavy atom. The smallest absolute Gasteiger partial charge is 0.270 e. The summed E-state index contributed by atoms with van der Waals surface area (Å²) in [4.78, 5) is 20.4. The van der Waals surface area contributed by atoms with Crippen LogP contribution in [0.2, 0.25) is 0 Å². The maximum atomic E-state index is 12.1. The second kappa shape index (κ2) is 5.69. The summed E-state index contributed by atoms with van der Waals surface area (Å²) in [6.45, 7) is 5.47. The normalized spacial score (nSPS) is 11.9. The summed E-state index contributed by atoms with van der Waals surface area (Å²) >= 11 is 0. The second-order valence-electron chi connectivity index (χ2n) is 4.73. The summed E-state index contributed by atoms with van der Waals surface area (Å²) in [5, 5.41) is 12.1. The molecule has 0 radical (unpaired) electrons. The molecule has 104 valence electrons. The Labute approximate surface area is 117 Å². The highest BCUT2D eigenvalue weighted by Gasteiger charge is 2.13. The van der Waals surface area contributed by atoms with Crippen molar-refractivity contribution >= 4 is 5.91 Å². The number of nitrogens with zero attached hydrogens (tertiary/aromatic N) is 2. The second-order valence-corrected chi connectivity index (χ2v) is 4.73. The summed E-state index contributed by atoms with van der Waals surface area (Å²) in [6.07, 6.45) is 0. The Morgan fingerprint density at radius 2 is 1.85 bits per heavy atom. The van der Waals surface area contributed by atoms with Crippen molar-refractivity contribution in [3.63, 3.8) is 0 Å². The van der Waals surface area contributed by atoms with Gasteiger partial charge in [0.1, 0.15) is 17.3 Å². The number of nitrogens with one attached hydrogen (secondary N) is 1. The van der Waals surface area contributed by atoms with Gasteiger partial charge in [-0.1, -0.05) is 12.1 Å². The number of carbonyl (C=O) groups is 1. The van der Waals surface area contributed by atoms with Gasteiger partial charge in [0.15, 0.2) is 0 Å². The van der Waals surface area contributed by atoms with Gasteiger partial charge in [-0.2, -0.15) is 0 Å². The first-order valence-electron chi connectivity index (χ1n) is 6.38. The molecule has 0 fully saturated rings. The minimum Gasteiger partial charge on any atom is -0.508 e. The van der Waals surface area contributed by atoms with Gasteiger partial charge in [-0.25, -0.2) is 9.97 Å². The number of benzene rings is 1. The maximum Gasteiger partial charge on any atom is 0.270 e. The molecule has 5 heteroatoms. The molecule has 1 unspecified atom stereocenters. The van der Waals surface area contributed by atoms with Crippen LogP contribution in [0.15, 0.2) is 30.3 Å². The topological polar surface area (TPSA) is 75.1 Å². The minimum absolute atomic E-state index is 0.168. The number of hydrogen-bond donors (Lipinski definition) is 2. The molecule has 2 N–H and O–H groups in total. The molecule has 0 spiro atoms. The molecule has 1 amide bonds. The van der Waals surface area contributed by atoms with Crippen LogP contribution in [-0.2, 0) is 0 Å². The zero-order chi connectivity index (χ0) is 14.7. The van der Waals surface area contributed by atoms with E-state index in [1.165, 1.54) is 0 Å². The minimum atomic E-state index is -0.237. The van der Waals surface area contributed by atoms with Crippen molar-refractivity contribution in [2.24, 2.45) is 0 Å². The average Bonchev–Trinajstić information content (AvgIpc) is 2.38. The van der Waals surface area contributed by atoms with Gasteiger partial charge >= 0.3 is 0 Å². The molecular formula is C15H17N3O2. The number of aryl methyl sites for hydroxylation is 2. The van der Waals surface area contributed by atoms with Crippen LogP contribution in [0.3, 0.4) is 0 Å². The van der Waals surface area contributed by atoms with E-state index in [4.69, 9.17) is 0 Å². The lowest BCUT2D eigenvalue weighted by Crippen LogP contribution is -2.27. The van der Waals surface area contributed by atoms with Gasteiger partial charge in [0.2, 0.25) is 0 Å². The van der Waals surface area contributed by atoms with Crippen LogP contribution in [0.25, 0.3) is 0 Å². The first-order valence-corrected chi connectivity index (χ1v) is 6.38. The van der Waals surface area contributed by atoms with Crippen molar-refractivity contribution in [1.29, 1.82) is 0 Å². The van der Waals surface area contributed by atoms with Crippen molar-refractivity contribution in [2.45, 2.75) is 26.8 Å². The monoisotopic (exact) mass is 271 g/mol. The molecule has 1 aromatic heterocycles. The Morgan fingerprint density at radius 3 is 2.45 bits per heavy atom. The fourth-order valence-corrected chi connectivity index (χ4v) is 1.95. The molecule has 0 aliphatic heterocycles. The molecule has 1 atom stereocenters. The van der Waals surface area contributed by atoms with E-state index in [-0.39, 0.29) is 17.7 Å². The fraction of sp³-hybridized carbons (Fsp3) is 0.267. The van der Waals surface area contributed by atoms with E-state index in [1.54, 1.807) is 37.3 Å².